The minimum atomic E-state index is 0.804. The van der Waals surface area contributed by atoms with E-state index in [-0.39, 0.29) is 0 Å². The van der Waals surface area contributed by atoms with Gasteiger partial charge in [-0.3, -0.25) is 0 Å². The van der Waals surface area contributed by atoms with Crippen molar-refractivity contribution in [3.8, 4) is 0 Å². The highest BCUT2D eigenvalue weighted by Gasteiger charge is 2.30. The molecule has 2 nitrogen and oxygen atoms in total. The molecule has 1 aliphatic carbocycles. The second kappa shape index (κ2) is 3.80. The lowest BCUT2D eigenvalue weighted by molar-refractivity contribution is 0.687. The maximum absolute atomic E-state index is 3.57. The molecule has 0 unspecified atom stereocenters. The van der Waals surface area contributed by atoms with Crippen molar-refractivity contribution < 1.29 is 0 Å². The van der Waals surface area contributed by atoms with Crippen molar-refractivity contribution in [2.45, 2.75) is 25.4 Å². The summed E-state index contributed by atoms with van der Waals surface area (Å²) in [7, 11) is 0. The Morgan fingerprint density at radius 1 is 1.33 bits per heavy atom. The number of hydrogen-bond donors (Lipinski definition) is 1. The number of fused-ring (bicyclic) bond motifs is 1. The number of benzene rings is 1. The first-order chi connectivity index (χ1) is 7.34. The maximum Gasteiger partial charge on any atom is 0.0426 e. The molecule has 80 valence electrons. The first kappa shape index (κ1) is 9.67. The lowest BCUT2D eigenvalue weighted by atomic mass is 10.1. The Balaban J connectivity index is 2.02. The fourth-order valence-corrected chi connectivity index (χ4v) is 2.61. The van der Waals surface area contributed by atoms with Gasteiger partial charge in [0.15, 0.2) is 0 Å². The van der Waals surface area contributed by atoms with Crippen molar-refractivity contribution in [3.05, 3.63) is 28.2 Å². The number of rotatable bonds is 1. The summed E-state index contributed by atoms with van der Waals surface area (Å²) in [6.45, 7) is 3.25. The Bertz CT molecular complexity index is 374. The van der Waals surface area contributed by atoms with Crippen LogP contribution >= 0.6 is 15.9 Å². The molecule has 0 spiro atoms. The summed E-state index contributed by atoms with van der Waals surface area (Å²) in [6, 6.07) is 7.43. The van der Waals surface area contributed by atoms with Gasteiger partial charge in [-0.1, -0.05) is 22.0 Å². The van der Waals surface area contributed by atoms with Gasteiger partial charge in [-0.25, -0.2) is 0 Å². The van der Waals surface area contributed by atoms with Gasteiger partial charge in [-0.15, -0.1) is 0 Å². The third-order valence-corrected chi connectivity index (χ3v) is 3.68. The van der Waals surface area contributed by atoms with Gasteiger partial charge in [0.2, 0.25) is 0 Å². The van der Waals surface area contributed by atoms with Gasteiger partial charge >= 0.3 is 0 Å². The van der Waals surface area contributed by atoms with Crippen LogP contribution in [0.2, 0.25) is 0 Å². The van der Waals surface area contributed by atoms with Gasteiger partial charge in [0.05, 0.1) is 0 Å². The molecule has 0 radical (unpaired) electrons. The molecule has 0 saturated heterocycles. The monoisotopic (exact) mass is 266 g/mol. The topological polar surface area (TPSA) is 15.3 Å². The zero-order valence-electron chi connectivity index (χ0n) is 8.67. The number of nitrogens with one attached hydrogen (secondary N) is 1. The fourth-order valence-electron chi connectivity index (χ4n) is 2.26. The summed E-state index contributed by atoms with van der Waals surface area (Å²) < 4.78 is 1.19. The third-order valence-electron chi connectivity index (χ3n) is 3.19. The molecule has 1 aliphatic heterocycles. The van der Waals surface area contributed by atoms with Crippen LogP contribution in [0.15, 0.2) is 22.7 Å². The molecule has 1 N–H and O–H groups in total. The molecule has 0 bridgehead atoms. The van der Waals surface area contributed by atoms with Gasteiger partial charge < -0.3 is 10.2 Å². The highest BCUT2D eigenvalue weighted by Crippen LogP contribution is 2.35. The molecule has 1 aromatic rings. The normalized spacial score (nSPS) is 21.0. The molecule has 1 aromatic carbocycles. The first-order valence-electron chi connectivity index (χ1n) is 5.60. The van der Waals surface area contributed by atoms with Crippen LogP contribution in [0.5, 0.6) is 0 Å². The molecule has 0 atom stereocenters. The van der Waals surface area contributed by atoms with Crippen molar-refractivity contribution in [1.29, 1.82) is 0 Å². The summed E-state index contributed by atoms with van der Waals surface area (Å²) in [5.74, 6) is 0. The van der Waals surface area contributed by atoms with Gasteiger partial charge in [0, 0.05) is 35.8 Å². The van der Waals surface area contributed by atoms with E-state index < -0.39 is 0 Å². The molecule has 1 saturated carbocycles. The maximum atomic E-state index is 3.57. The van der Waals surface area contributed by atoms with E-state index in [1.807, 2.05) is 0 Å². The van der Waals surface area contributed by atoms with Gasteiger partial charge in [-0.2, -0.15) is 0 Å². The summed E-state index contributed by atoms with van der Waals surface area (Å²) in [4.78, 5) is 2.57. The van der Waals surface area contributed by atoms with E-state index in [4.69, 9.17) is 0 Å². The lowest BCUT2D eigenvalue weighted by Gasteiger charge is -2.24. The zero-order chi connectivity index (χ0) is 10.3. The van der Waals surface area contributed by atoms with Crippen molar-refractivity contribution >= 4 is 21.6 Å². The minimum Gasteiger partial charge on any atom is -0.367 e. The second-order valence-corrected chi connectivity index (χ2v) is 5.29. The van der Waals surface area contributed by atoms with Crippen molar-refractivity contribution in [2.24, 2.45) is 0 Å². The largest absolute Gasteiger partial charge is 0.367 e. The molecule has 3 heteroatoms. The molecule has 0 amide bonds. The smallest absolute Gasteiger partial charge is 0.0426 e. The zero-order valence-corrected chi connectivity index (χ0v) is 10.3. The molecular formula is C12H15BrN2. The number of hydrogen-bond acceptors (Lipinski definition) is 2. The highest BCUT2D eigenvalue weighted by molar-refractivity contribution is 9.10. The van der Waals surface area contributed by atoms with Gasteiger partial charge in [-0.05, 0) is 30.5 Å². The van der Waals surface area contributed by atoms with Crippen LogP contribution in [0.25, 0.3) is 0 Å². The third kappa shape index (κ3) is 1.91. The van der Waals surface area contributed by atoms with Gasteiger partial charge in [0.1, 0.15) is 0 Å². The molecule has 0 aromatic heterocycles. The van der Waals surface area contributed by atoms with Crippen LogP contribution < -0.4 is 10.2 Å². The van der Waals surface area contributed by atoms with Crippen molar-refractivity contribution in [2.75, 3.05) is 18.0 Å². The predicted octanol–water partition coefficient (Wildman–Crippen LogP) is 2.52. The van der Waals surface area contributed by atoms with E-state index in [9.17, 15) is 0 Å². The molecule has 1 fully saturated rings. The summed E-state index contributed by atoms with van der Waals surface area (Å²) in [5.41, 5.74) is 2.86. The van der Waals surface area contributed by atoms with Crippen LogP contribution in [-0.4, -0.2) is 19.1 Å². The van der Waals surface area contributed by atoms with E-state index in [1.165, 1.54) is 28.6 Å². The van der Waals surface area contributed by atoms with Gasteiger partial charge in [0.25, 0.3) is 0 Å². The Morgan fingerprint density at radius 2 is 2.20 bits per heavy atom. The predicted molar refractivity (Wildman–Crippen MR) is 66.2 cm³/mol. The summed E-state index contributed by atoms with van der Waals surface area (Å²) in [5, 5.41) is 3.48. The van der Waals surface area contributed by atoms with E-state index in [1.54, 1.807) is 0 Å². The highest BCUT2D eigenvalue weighted by atomic mass is 79.9. The Hall–Kier alpha value is -0.540. The van der Waals surface area contributed by atoms with E-state index >= 15 is 0 Å². The Labute approximate surface area is 98.8 Å². The van der Waals surface area contributed by atoms with Crippen LogP contribution in [0.4, 0.5) is 5.69 Å². The lowest BCUT2D eigenvalue weighted by Crippen LogP contribution is -2.30. The van der Waals surface area contributed by atoms with Crippen LogP contribution in [0.3, 0.4) is 0 Å². The molecule has 1 heterocycles. The average molecular weight is 267 g/mol. The summed E-state index contributed by atoms with van der Waals surface area (Å²) in [6.07, 6.45) is 2.73. The van der Waals surface area contributed by atoms with E-state index in [0.29, 0.717) is 0 Å². The quantitative estimate of drug-likeness (QED) is 0.841. The van der Waals surface area contributed by atoms with E-state index in [0.717, 1.165) is 25.7 Å². The Kier molecular flexibility index (Phi) is 2.45. The first-order valence-corrected chi connectivity index (χ1v) is 6.40. The standard InChI is InChI=1S/C12H15BrN2/c13-10-2-1-9-8-14-5-6-15(11-3-4-11)12(9)7-10/h1-2,7,11,14H,3-6,8H2. The summed E-state index contributed by atoms with van der Waals surface area (Å²) >= 11 is 3.57. The Morgan fingerprint density at radius 3 is 3.00 bits per heavy atom. The minimum absolute atomic E-state index is 0.804. The SMILES string of the molecule is Brc1ccc2c(c1)N(C1CC1)CCNC2. The average Bonchev–Trinajstić information content (AvgIpc) is 3.01. The second-order valence-electron chi connectivity index (χ2n) is 4.37. The fraction of sp³-hybridized carbons (Fsp3) is 0.500. The number of anilines is 1. The molecule has 2 aliphatic rings. The van der Waals surface area contributed by atoms with Crippen LogP contribution in [0.1, 0.15) is 18.4 Å². The van der Waals surface area contributed by atoms with Crippen LogP contribution in [-0.2, 0) is 6.54 Å². The van der Waals surface area contributed by atoms with Crippen molar-refractivity contribution in [3.63, 3.8) is 0 Å². The number of halogens is 1. The number of nitrogens with zero attached hydrogens (tertiary/aromatic N) is 1. The molecule has 15 heavy (non-hydrogen) atoms. The van der Waals surface area contributed by atoms with Crippen molar-refractivity contribution in [1.82, 2.24) is 5.32 Å². The molecular weight excluding hydrogens is 252 g/mol. The van der Waals surface area contributed by atoms with E-state index in [2.05, 4.69) is 44.3 Å². The molecule has 3 rings (SSSR count). The van der Waals surface area contributed by atoms with Crippen LogP contribution in [0, 0.1) is 0 Å².